The molecule has 2 amide bonds. The van der Waals surface area contributed by atoms with E-state index in [4.69, 9.17) is 14.7 Å². The topological polar surface area (TPSA) is 110 Å². The van der Waals surface area contributed by atoms with Crippen molar-refractivity contribution in [3.63, 3.8) is 0 Å². The monoisotopic (exact) mass is 484 g/mol. The van der Waals surface area contributed by atoms with Crippen molar-refractivity contribution in [3.05, 3.63) is 55.0 Å². The van der Waals surface area contributed by atoms with E-state index in [0.29, 0.717) is 17.2 Å². The molecule has 6 rings (SSSR count). The first-order chi connectivity index (χ1) is 17.5. The minimum Gasteiger partial charge on any atom is -0.371 e. The third-order valence-corrected chi connectivity index (χ3v) is 6.59. The van der Waals surface area contributed by atoms with E-state index in [-0.39, 0.29) is 24.3 Å². The second-order valence-corrected chi connectivity index (χ2v) is 9.55. The van der Waals surface area contributed by atoms with Gasteiger partial charge >= 0.3 is 6.03 Å². The van der Waals surface area contributed by atoms with Gasteiger partial charge in [-0.2, -0.15) is 5.10 Å². The van der Waals surface area contributed by atoms with Crippen LogP contribution in [0.25, 0.3) is 22.4 Å². The second kappa shape index (κ2) is 9.19. The summed E-state index contributed by atoms with van der Waals surface area (Å²) in [6.45, 7) is 5.84. The lowest BCUT2D eigenvalue weighted by Gasteiger charge is -2.33. The van der Waals surface area contributed by atoms with E-state index in [2.05, 4.69) is 39.5 Å². The number of morpholine rings is 1. The highest BCUT2D eigenvalue weighted by Crippen LogP contribution is 2.34. The van der Waals surface area contributed by atoms with Crippen LogP contribution in [-0.4, -0.2) is 56.1 Å². The Morgan fingerprint density at radius 3 is 2.44 bits per heavy atom. The average molecular weight is 485 g/mol. The Bertz CT molecular complexity index is 1370. The standard InChI is InChI=1S/C26H28N8O2/c1-16(2)34-25-22(13-28-34)24(33-14-20-9-10-21(15-33)36-20)31-23(32-25)17-5-7-18(8-6-17)29-26(35)30-19-4-3-11-27-12-19/h3-8,11-13,16,20-21H,9-10,14-15H2,1-2H3,(H2,29,30,35). The number of benzene rings is 1. The Morgan fingerprint density at radius 2 is 1.75 bits per heavy atom. The molecule has 3 aromatic heterocycles. The summed E-state index contributed by atoms with van der Waals surface area (Å²) in [5, 5.41) is 11.2. The van der Waals surface area contributed by atoms with Crippen molar-refractivity contribution in [1.82, 2.24) is 24.7 Å². The molecular weight excluding hydrogens is 456 g/mol. The molecule has 2 N–H and O–H groups in total. The van der Waals surface area contributed by atoms with Gasteiger partial charge in [-0.05, 0) is 63.1 Å². The van der Waals surface area contributed by atoms with Crippen molar-refractivity contribution in [1.29, 1.82) is 0 Å². The van der Waals surface area contributed by atoms with Crippen LogP contribution in [0.3, 0.4) is 0 Å². The van der Waals surface area contributed by atoms with E-state index < -0.39 is 0 Å². The Morgan fingerprint density at radius 1 is 1.00 bits per heavy atom. The van der Waals surface area contributed by atoms with Gasteiger partial charge in [-0.15, -0.1) is 0 Å². The third-order valence-electron chi connectivity index (χ3n) is 6.59. The summed E-state index contributed by atoms with van der Waals surface area (Å²) >= 11 is 0. The summed E-state index contributed by atoms with van der Waals surface area (Å²) in [5.74, 6) is 1.53. The minimum absolute atomic E-state index is 0.170. The molecule has 36 heavy (non-hydrogen) atoms. The van der Waals surface area contributed by atoms with Crippen LogP contribution in [0.15, 0.2) is 55.0 Å². The van der Waals surface area contributed by atoms with Gasteiger partial charge in [0.2, 0.25) is 0 Å². The molecule has 10 heteroatoms. The largest absolute Gasteiger partial charge is 0.371 e. The first kappa shape index (κ1) is 22.4. The smallest absolute Gasteiger partial charge is 0.323 e. The van der Waals surface area contributed by atoms with Crippen molar-refractivity contribution in [2.24, 2.45) is 0 Å². The van der Waals surface area contributed by atoms with Crippen LogP contribution in [0.2, 0.25) is 0 Å². The Kier molecular flexibility index (Phi) is 5.73. The quantitative estimate of drug-likeness (QED) is 0.430. The summed E-state index contributed by atoms with van der Waals surface area (Å²) in [5.41, 5.74) is 2.98. The molecule has 2 atom stereocenters. The number of anilines is 3. The molecule has 2 aliphatic heterocycles. The zero-order chi connectivity index (χ0) is 24.6. The lowest BCUT2D eigenvalue weighted by Crippen LogP contribution is -2.43. The summed E-state index contributed by atoms with van der Waals surface area (Å²) in [6.07, 6.45) is 7.81. The molecule has 0 radical (unpaired) electrons. The maximum absolute atomic E-state index is 12.3. The van der Waals surface area contributed by atoms with Gasteiger partial charge in [0.1, 0.15) is 5.82 Å². The van der Waals surface area contributed by atoms with Gasteiger partial charge in [-0.3, -0.25) is 4.98 Å². The molecule has 2 fully saturated rings. The zero-order valence-corrected chi connectivity index (χ0v) is 20.3. The molecule has 10 nitrogen and oxygen atoms in total. The molecule has 2 saturated heterocycles. The number of ether oxygens (including phenoxy) is 1. The van der Waals surface area contributed by atoms with E-state index in [9.17, 15) is 4.79 Å². The van der Waals surface area contributed by atoms with Crippen LogP contribution in [0, 0.1) is 0 Å². The SMILES string of the molecule is CC(C)n1ncc2c(N3CC4CCC(C3)O4)nc(-c3ccc(NC(=O)Nc4cccnc4)cc3)nc21. The molecule has 2 unspecified atom stereocenters. The van der Waals surface area contributed by atoms with E-state index in [1.54, 1.807) is 24.5 Å². The van der Waals surface area contributed by atoms with Gasteiger partial charge < -0.3 is 20.3 Å². The zero-order valence-electron chi connectivity index (χ0n) is 20.3. The van der Waals surface area contributed by atoms with E-state index >= 15 is 0 Å². The first-order valence-electron chi connectivity index (χ1n) is 12.3. The third kappa shape index (κ3) is 4.35. The predicted octanol–water partition coefficient (Wildman–Crippen LogP) is 4.48. The van der Waals surface area contributed by atoms with Crippen molar-refractivity contribution >= 4 is 34.3 Å². The van der Waals surface area contributed by atoms with Crippen molar-refractivity contribution in [3.8, 4) is 11.4 Å². The lowest BCUT2D eigenvalue weighted by molar-refractivity contribution is 0.0303. The Balaban J connectivity index is 1.29. The highest BCUT2D eigenvalue weighted by molar-refractivity contribution is 5.99. The van der Waals surface area contributed by atoms with Crippen LogP contribution in [0.1, 0.15) is 32.7 Å². The van der Waals surface area contributed by atoms with Crippen molar-refractivity contribution in [2.75, 3.05) is 28.6 Å². The number of fused-ring (bicyclic) bond motifs is 3. The van der Waals surface area contributed by atoms with Gasteiger partial charge in [0.05, 0.1) is 35.7 Å². The molecule has 0 spiro atoms. The van der Waals surface area contributed by atoms with Crippen LogP contribution in [-0.2, 0) is 4.74 Å². The number of carbonyl (C=O) groups excluding carboxylic acids is 1. The number of carbonyl (C=O) groups is 1. The maximum atomic E-state index is 12.3. The maximum Gasteiger partial charge on any atom is 0.323 e. The first-order valence-corrected chi connectivity index (χ1v) is 12.3. The van der Waals surface area contributed by atoms with E-state index in [1.165, 1.54) is 0 Å². The number of aromatic nitrogens is 5. The number of nitrogens with zero attached hydrogens (tertiary/aromatic N) is 6. The summed E-state index contributed by atoms with van der Waals surface area (Å²) < 4.78 is 7.99. The Hall–Kier alpha value is -4.05. The van der Waals surface area contributed by atoms with E-state index in [1.807, 2.05) is 35.1 Å². The summed E-state index contributed by atoms with van der Waals surface area (Å²) in [7, 11) is 0. The fourth-order valence-electron chi connectivity index (χ4n) is 4.88. The van der Waals surface area contributed by atoms with Gasteiger partial charge in [-0.25, -0.2) is 19.4 Å². The molecule has 184 valence electrons. The number of rotatable bonds is 5. The normalized spacial score (nSPS) is 19.1. The van der Waals surface area contributed by atoms with Crippen LogP contribution < -0.4 is 15.5 Å². The van der Waals surface area contributed by atoms with E-state index in [0.717, 1.165) is 48.3 Å². The molecule has 1 aromatic carbocycles. The van der Waals surface area contributed by atoms with Gasteiger partial charge in [0, 0.05) is 36.6 Å². The number of nitrogens with one attached hydrogen (secondary N) is 2. The lowest BCUT2D eigenvalue weighted by atomic mass is 10.2. The van der Waals surface area contributed by atoms with Crippen molar-refractivity contribution in [2.45, 2.75) is 44.9 Å². The van der Waals surface area contributed by atoms with Gasteiger partial charge in [0.15, 0.2) is 11.5 Å². The fraction of sp³-hybridized carbons (Fsp3) is 0.346. The molecule has 0 aliphatic carbocycles. The number of hydrogen-bond donors (Lipinski definition) is 2. The van der Waals surface area contributed by atoms with Crippen LogP contribution >= 0.6 is 0 Å². The minimum atomic E-state index is -0.335. The fourth-order valence-corrected chi connectivity index (χ4v) is 4.88. The average Bonchev–Trinajstić information content (AvgIpc) is 3.46. The Labute approximate surface area is 208 Å². The predicted molar refractivity (Wildman–Crippen MR) is 138 cm³/mol. The second-order valence-electron chi connectivity index (χ2n) is 9.55. The highest BCUT2D eigenvalue weighted by atomic mass is 16.5. The van der Waals surface area contributed by atoms with Crippen LogP contribution in [0.4, 0.5) is 22.0 Å². The molecule has 2 bridgehead atoms. The molecular formula is C26H28N8O2. The number of amides is 2. The van der Waals surface area contributed by atoms with Gasteiger partial charge in [-0.1, -0.05) is 0 Å². The molecule has 0 saturated carbocycles. The number of pyridine rings is 1. The van der Waals surface area contributed by atoms with Crippen molar-refractivity contribution < 1.29 is 9.53 Å². The highest BCUT2D eigenvalue weighted by Gasteiger charge is 2.35. The van der Waals surface area contributed by atoms with Crippen LogP contribution in [0.5, 0.6) is 0 Å². The number of hydrogen-bond acceptors (Lipinski definition) is 7. The molecule has 4 aromatic rings. The van der Waals surface area contributed by atoms with Gasteiger partial charge in [0.25, 0.3) is 0 Å². The summed E-state index contributed by atoms with van der Waals surface area (Å²) in [4.78, 5) is 28.6. The molecule has 2 aliphatic rings. The number of urea groups is 1. The summed E-state index contributed by atoms with van der Waals surface area (Å²) in [6, 6.07) is 10.9. The molecule has 5 heterocycles.